The van der Waals surface area contributed by atoms with Crippen molar-refractivity contribution < 1.29 is 36.4 Å². The molecule has 0 saturated carbocycles. The van der Waals surface area contributed by atoms with Gasteiger partial charge in [-0.15, -0.1) is 0 Å². The molecule has 9 heteroatoms. The molecular formula is C14H20O8S. The van der Waals surface area contributed by atoms with Crippen LogP contribution in [0.1, 0.15) is 33.6 Å². The lowest BCUT2D eigenvalue weighted by molar-refractivity contribution is -0.175. The molecule has 7 atom stereocenters. The first kappa shape index (κ1) is 16.7. The molecule has 3 aliphatic heterocycles. The van der Waals surface area contributed by atoms with Crippen molar-refractivity contribution in [3.05, 3.63) is 0 Å². The van der Waals surface area contributed by atoms with Gasteiger partial charge in [-0.25, -0.2) is 4.79 Å². The monoisotopic (exact) mass is 348 g/mol. The van der Waals surface area contributed by atoms with Crippen LogP contribution in [0, 0.1) is 5.92 Å². The first-order valence-corrected chi connectivity index (χ1v) is 9.20. The topological polar surface area (TPSA) is 105 Å². The summed E-state index contributed by atoms with van der Waals surface area (Å²) in [5.74, 6) is -1.51. The van der Waals surface area contributed by atoms with Crippen LogP contribution in [0.25, 0.3) is 0 Å². The van der Waals surface area contributed by atoms with Crippen molar-refractivity contribution in [3.8, 4) is 0 Å². The molecule has 3 fully saturated rings. The fraction of sp³-hybridized carbons (Fsp3) is 0.857. The lowest BCUT2D eigenvalue weighted by Gasteiger charge is -2.23. The van der Waals surface area contributed by atoms with Gasteiger partial charge in [0, 0.05) is 0 Å². The molecule has 0 aromatic carbocycles. The van der Waals surface area contributed by atoms with Crippen molar-refractivity contribution in [1.29, 1.82) is 0 Å². The molecule has 3 heterocycles. The summed E-state index contributed by atoms with van der Waals surface area (Å²) >= 11 is 0. The number of rotatable bonds is 5. The fourth-order valence-electron chi connectivity index (χ4n) is 3.10. The van der Waals surface area contributed by atoms with Crippen molar-refractivity contribution in [2.24, 2.45) is 5.92 Å². The molecule has 0 spiro atoms. The summed E-state index contributed by atoms with van der Waals surface area (Å²) in [6.45, 7) is 4.98. The van der Waals surface area contributed by atoms with Crippen LogP contribution in [0.3, 0.4) is 0 Å². The van der Waals surface area contributed by atoms with Crippen LogP contribution >= 0.6 is 0 Å². The van der Waals surface area contributed by atoms with E-state index < -0.39 is 57.8 Å². The van der Waals surface area contributed by atoms with Crippen molar-refractivity contribution in [2.45, 2.75) is 69.4 Å². The Kier molecular flexibility index (Phi) is 4.14. The standard InChI is InChI=1S/C14H20O8S/c1-4-6(2)13(15)19-7(3)14(16)21-10-8-5-9-11(20-8)12(10)22-23(9,17)18/h6-12H,4-5H2,1-3H3. The second-order valence-electron chi connectivity index (χ2n) is 6.26. The van der Waals surface area contributed by atoms with E-state index in [2.05, 4.69) is 0 Å². The highest BCUT2D eigenvalue weighted by Gasteiger charge is 2.67. The number of fused-ring (bicyclic) bond motifs is 1. The Morgan fingerprint density at radius 2 is 1.91 bits per heavy atom. The summed E-state index contributed by atoms with van der Waals surface area (Å²) in [6.07, 6.45) is -2.87. The molecule has 3 aliphatic rings. The third-order valence-electron chi connectivity index (χ3n) is 4.68. The van der Waals surface area contributed by atoms with Crippen LogP contribution in [0.15, 0.2) is 0 Å². The lowest BCUT2D eigenvalue weighted by Crippen LogP contribution is -2.43. The second-order valence-corrected chi connectivity index (χ2v) is 8.04. The van der Waals surface area contributed by atoms with E-state index >= 15 is 0 Å². The van der Waals surface area contributed by atoms with Gasteiger partial charge < -0.3 is 14.2 Å². The van der Waals surface area contributed by atoms with Crippen molar-refractivity contribution in [1.82, 2.24) is 0 Å². The van der Waals surface area contributed by atoms with Crippen LogP contribution in [-0.4, -0.2) is 56.1 Å². The van der Waals surface area contributed by atoms with Gasteiger partial charge in [0.15, 0.2) is 12.2 Å². The zero-order valence-corrected chi connectivity index (χ0v) is 13.9. The number of hydrogen-bond donors (Lipinski definition) is 0. The maximum absolute atomic E-state index is 12.1. The van der Waals surface area contributed by atoms with Crippen molar-refractivity contribution in [3.63, 3.8) is 0 Å². The van der Waals surface area contributed by atoms with Crippen LogP contribution in [-0.2, 0) is 38.1 Å². The summed E-state index contributed by atoms with van der Waals surface area (Å²) < 4.78 is 44.5. The van der Waals surface area contributed by atoms with Gasteiger partial charge in [0.2, 0.25) is 0 Å². The third-order valence-corrected chi connectivity index (χ3v) is 6.38. The maximum Gasteiger partial charge on any atom is 0.347 e. The third kappa shape index (κ3) is 2.74. The number of esters is 2. The Morgan fingerprint density at radius 1 is 1.22 bits per heavy atom. The zero-order valence-electron chi connectivity index (χ0n) is 13.1. The minimum absolute atomic E-state index is 0.252. The van der Waals surface area contributed by atoms with Crippen molar-refractivity contribution in [2.75, 3.05) is 0 Å². The molecule has 2 bridgehead atoms. The zero-order chi connectivity index (χ0) is 16.9. The number of ether oxygens (including phenoxy) is 3. The maximum atomic E-state index is 12.1. The van der Waals surface area contributed by atoms with E-state index in [1.54, 1.807) is 6.92 Å². The number of hydrogen-bond acceptors (Lipinski definition) is 8. The molecule has 0 aromatic rings. The van der Waals surface area contributed by atoms with Gasteiger partial charge >= 0.3 is 11.9 Å². The summed E-state index contributed by atoms with van der Waals surface area (Å²) in [7, 11) is -3.66. The van der Waals surface area contributed by atoms with E-state index in [1.807, 2.05) is 6.92 Å². The van der Waals surface area contributed by atoms with E-state index in [1.165, 1.54) is 6.92 Å². The Hall–Kier alpha value is -1.19. The summed E-state index contributed by atoms with van der Waals surface area (Å²) in [5.41, 5.74) is 0. The van der Waals surface area contributed by atoms with Crippen LogP contribution in [0.4, 0.5) is 0 Å². The smallest absolute Gasteiger partial charge is 0.347 e. The number of carbonyl (C=O) groups is 2. The predicted molar refractivity (Wildman–Crippen MR) is 75.7 cm³/mol. The molecule has 3 rings (SSSR count). The summed E-state index contributed by atoms with van der Waals surface area (Å²) in [6, 6.07) is 0. The Bertz CT molecular complexity index is 614. The molecule has 8 nitrogen and oxygen atoms in total. The molecule has 0 aromatic heterocycles. The SMILES string of the molecule is CCC(C)C(=O)OC(C)C(=O)OC1C2CC3C(O2)C1OS3(=O)=O. The highest BCUT2D eigenvalue weighted by atomic mass is 32.2. The van der Waals surface area contributed by atoms with Crippen LogP contribution in [0.2, 0.25) is 0 Å². The highest BCUT2D eigenvalue weighted by Crippen LogP contribution is 2.47. The molecule has 7 unspecified atom stereocenters. The molecule has 0 aliphatic carbocycles. The van der Waals surface area contributed by atoms with Gasteiger partial charge in [0.25, 0.3) is 10.1 Å². The Labute approximate surface area is 134 Å². The van der Waals surface area contributed by atoms with Crippen LogP contribution < -0.4 is 0 Å². The summed E-state index contributed by atoms with van der Waals surface area (Å²) in [5, 5.41) is -0.673. The molecule has 3 saturated heterocycles. The van der Waals surface area contributed by atoms with Gasteiger partial charge in [0.05, 0.1) is 12.0 Å². The quantitative estimate of drug-likeness (QED) is 0.510. The van der Waals surface area contributed by atoms with E-state index in [0.29, 0.717) is 6.42 Å². The molecular weight excluding hydrogens is 328 g/mol. The Balaban J connectivity index is 1.60. The van der Waals surface area contributed by atoms with Gasteiger partial charge in [-0.2, -0.15) is 8.42 Å². The minimum atomic E-state index is -3.66. The van der Waals surface area contributed by atoms with E-state index in [9.17, 15) is 18.0 Å². The van der Waals surface area contributed by atoms with E-state index in [0.717, 1.165) is 0 Å². The minimum Gasteiger partial charge on any atom is -0.454 e. The molecule has 23 heavy (non-hydrogen) atoms. The van der Waals surface area contributed by atoms with Gasteiger partial charge in [-0.1, -0.05) is 13.8 Å². The largest absolute Gasteiger partial charge is 0.454 e. The fourth-order valence-corrected chi connectivity index (χ4v) is 4.75. The van der Waals surface area contributed by atoms with Gasteiger partial charge in [-0.3, -0.25) is 8.98 Å². The number of carbonyl (C=O) groups excluding carboxylic acids is 2. The second kappa shape index (κ2) is 5.71. The van der Waals surface area contributed by atoms with Crippen LogP contribution in [0.5, 0.6) is 0 Å². The van der Waals surface area contributed by atoms with Crippen molar-refractivity contribution >= 4 is 22.1 Å². The predicted octanol–water partition coefficient (Wildman–Crippen LogP) is 0.144. The first-order valence-electron chi connectivity index (χ1n) is 7.73. The van der Waals surface area contributed by atoms with Gasteiger partial charge in [0.1, 0.15) is 17.5 Å². The molecule has 0 amide bonds. The Morgan fingerprint density at radius 3 is 2.57 bits per heavy atom. The first-order chi connectivity index (χ1) is 10.7. The van der Waals surface area contributed by atoms with E-state index in [4.69, 9.17) is 18.4 Å². The molecule has 130 valence electrons. The van der Waals surface area contributed by atoms with Gasteiger partial charge in [-0.05, 0) is 19.8 Å². The summed E-state index contributed by atoms with van der Waals surface area (Å²) in [4.78, 5) is 23.8. The molecule has 0 radical (unpaired) electrons. The average Bonchev–Trinajstić information content (AvgIpc) is 3.10. The average molecular weight is 348 g/mol. The van der Waals surface area contributed by atoms with E-state index in [-0.39, 0.29) is 12.3 Å². The molecule has 0 N–H and O–H groups in total. The highest BCUT2D eigenvalue weighted by molar-refractivity contribution is 7.87. The lowest BCUT2D eigenvalue weighted by atomic mass is 9.94. The normalized spacial score (nSPS) is 39.0.